The fraction of sp³-hybridized carbons (Fsp3) is 0.261. The first-order chi connectivity index (χ1) is 14.6. The zero-order chi connectivity index (χ0) is 20.9. The van der Waals surface area contributed by atoms with E-state index in [4.69, 9.17) is 16.3 Å². The molecule has 0 bridgehead atoms. The Balaban J connectivity index is 1.50. The van der Waals surface area contributed by atoms with E-state index in [2.05, 4.69) is 17.0 Å². The average Bonchev–Trinajstić information content (AvgIpc) is 3.30. The van der Waals surface area contributed by atoms with Gasteiger partial charge in [0.05, 0.1) is 11.1 Å². The minimum absolute atomic E-state index is 0.171. The Morgan fingerprint density at radius 3 is 2.53 bits per heavy atom. The number of ether oxygens (including phenoxy) is 1. The molecule has 0 atom stereocenters. The second-order valence-corrected chi connectivity index (χ2v) is 8.48. The van der Waals surface area contributed by atoms with Crippen molar-refractivity contribution in [2.45, 2.75) is 32.6 Å². The lowest BCUT2D eigenvalue weighted by atomic mass is 10.2. The smallest absolute Gasteiger partial charge is 0.291 e. The van der Waals surface area contributed by atoms with Crippen molar-refractivity contribution in [3.63, 3.8) is 0 Å². The lowest BCUT2D eigenvalue weighted by Crippen LogP contribution is -2.23. The highest BCUT2D eigenvalue weighted by atomic mass is 35.5. The Hall–Kier alpha value is -2.70. The quantitative estimate of drug-likeness (QED) is 0.363. The number of rotatable bonds is 8. The van der Waals surface area contributed by atoms with Crippen LogP contribution in [0.25, 0.3) is 22.4 Å². The van der Waals surface area contributed by atoms with Crippen LogP contribution in [0.5, 0.6) is 5.75 Å². The molecule has 30 heavy (non-hydrogen) atoms. The van der Waals surface area contributed by atoms with Gasteiger partial charge in [-0.2, -0.15) is 9.50 Å². The van der Waals surface area contributed by atoms with E-state index < -0.39 is 0 Å². The number of fused-ring (bicyclic) bond motifs is 1. The molecule has 0 spiro atoms. The van der Waals surface area contributed by atoms with Crippen LogP contribution in [0, 0.1) is 0 Å². The molecule has 0 fully saturated rings. The third kappa shape index (κ3) is 4.71. The van der Waals surface area contributed by atoms with Crippen LogP contribution < -0.4 is 14.8 Å². The van der Waals surface area contributed by atoms with E-state index in [1.165, 1.54) is 35.1 Å². The molecule has 2 aromatic carbocycles. The summed E-state index contributed by atoms with van der Waals surface area (Å²) >= 11 is 7.24. The molecular formula is C23H22ClN3O2S. The first-order valence-corrected chi connectivity index (χ1v) is 11.2. The molecule has 0 aliphatic rings. The highest BCUT2D eigenvalue weighted by Gasteiger charge is 2.12. The molecule has 7 heteroatoms. The second kappa shape index (κ2) is 9.41. The van der Waals surface area contributed by atoms with E-state index in [1.807, 2.05) is 42.5 Å². The number of unbranched alkanes of at least 4 members (excludes halogenated alkanes) is 3. The molecular weight excluding hydrogens is 418 g/mol. The first-order valence-electron chi connectivity index (χ1n) is 10.0. The minimum atomic E-state index is -0.171. The van der Waals surface area contributed by atoms with Crippen molar-refractivity contribution < 1.29 is 4.74 Å². The van der Waals surface area contributed by atoms with E-state index in [9.17, 15) is 4.79 Å². The van der Waals surface area contributed by atoms with Gasteiger partial charge in [-0.05, 0) is 54.5 Å². The van der Waals surface area contributed by atoms with Gasteiger partial charge in [-0.25, -0.2) is 0 Å². The average molecular weight is 440 g/mol. The van der Waals surface area contributed by atoms with Gasteiger partial charge < -0.3 is 4.74 Å². The number of nitrogens with zero attached hydrogens (tertiary/aromatic N) is 3. The van der Waals surface area contributed by atoms with Gasteiger partial charge in [0.2, 0.25) is 4.96 Å². The molecule has 5 nitrogen and oxygen atoms in total. The monoisotopic (exact) mass is 439 g/mol. The molecule has 2 aromatic heterocycles. The van der Waals surface area contributed by atoms with Gasteiger partial charge in [0.25, 0.3) is 5.56 Å². The second-order valence-electron chi connectivity index (χ2n) is 7.03. The van der Waals surface area contributed by atoms with Crippen molar-refractivity contribution in [1.29, 1.82) is 0 Å². The van der Waals surface area contributed by atoms with Gasteiger partial charge in [0, 0.05) is 10.6 Å². The molecule has 0 saturated carbocycles. The van der Waals surface area contributed by atoms with Gasteiger partial charge in [-0.3, -0.25) is 4.79 Å². The summed E-state index contributed by atoms with van der Waals surface area (Å²) < 4.78 is 7.73. The molecule has 0 unspecified atom stereocenters. The van der Waals surface area contributed by atoms with Crippen LogP contribution in [-0.4, -0.2) is 21.2 Å². The summed E-state index contributed by atoms with van der Waals surface area (Å²) in [5, 5.41) is 5.07. The summed E-state index contributed by atoms with van der Waals surface area (Å²) in [6.45, 7) is 2.92. The minimum Gasteiger partial charge on any atom is -0.494 e. The SMILES string of the molecule is CCCCCCOc1ccc(-c2nc3s/c(=C\c4ccc(Cl)cc4)c(=O)n3n2)cc1. The zero-order valence-electron chi connectivity index (χ0n) is 16.7. The molecule has 4 aromatic rings. The van der Waals surface area contributed by atoms with E-state index >= 15 is 0 Å². The summed E-state index contributed by atoms with van der Waals surface area (Å²) in [4.78, 5) is 17.8. The third-order valence-electron chi connectivity index (χ3n) is 4.73. The maximum Gasteiger partial charge on any atom is 0.291 e. The molecule has 0 saturated heterocycles. The summed E-state index contributed by atoms with van der Waals surface area (Å²) in [6, 6.07) is 15.0. The normalized spacial score (nSPS) is 12.0. The molecule has 0 aliphatic heterocycles. The lowest BCUT2D eigenvalue weighted by Gasteiger charge is -2.06. The van der Waals surface area contributed by atoms with Gasteiger partial charge in [0.15, 0.2) is 5.82 Å². The predicted molar refractivity (Wildman–Crippen MR) is 122 cm³/mol. The molecule has 0 amide bonds. The lowest BCUT2D eigenvalue weighted by molar-refractivity contribution is 0.305. The van der Waals surface area contributed by atoms with Crippen LogP contribution in [0.1, 0.15) is 38.2 Å². The van der Waals surface area contributed by atoms with E-state index in [0.29, 0.717) is 20.3 Å². The van der Waals surface area contributed by atoms with Gasteiger partial charge in [0.1, 0.15) is 5.75 Å². The van der Waals surface area contributed by atoms with E-state index in [-0.39, 0.29) is 5.56 Å². The zero-order valence-corrected chi connectivity index (χ0v) is 18.2. The maximum absolute atomic E-state index is 12.7. The fourth-order valence-electron chi connectivity index (χ4n) is 3.09. The Kier molecular flexibility index (Phi) is 6.45. The standard InChI is InChI=1S/C23H22ClN3O2S/c1-2-3-4-5-14-29-19-12-8-17(9-13-19)21-25-23-27(26-21)22(28)20(30-23)15-16-6-10-18(24)11-7-16/h6-13,15H,2-5,14H2,1H3/b20-15-. The number of halogens is 1. The Morgan fingerprint density at radius 1 is 1.07 bits per heavy atom. The first kappa shape index (κ1) is 20.6. The maximum atomic E-state index is 12.7. The number of aromatic nitrogens is 3. The van der Waals surface area contributed by atoms with Crippen molar-refractivity contribution in [2.75, 3.05) is 6.61 Å². The molecule has 4 rings (SSSR count). The number of benzene rings is 2. The molecule has 0 N–H and O–H groups in total. The van der Waals surface area contributed by atoms with Crippen LogP contribution >= 0.6 is 22.9 Å². The highest BCUT2D eigenvalue weighted by Crippen LogP contribution is 2.21. The summed E-state index contributed by atoms with van der Waals surface area (Å²) in [5.74, 6) is 1.37. The predicted octanol–water partition coefficient (Wildman–Crippen LogP) is 4.98. The van der Waals surface area contributed by atoms with E-state index in [0.717, 1.165) is 29.9 Å². The van der Waals surface area contributed by atoms with Crippen LogP contribution in [0.3, 0.4) is 0 Å². The largest absolute Gasteiger partial charge is 0.494 e. The van der Waals surface area contributed by atoms with Crippen LogP contribution in [0.15, 0.2) is 53.3 Å². The van der Waals surface area contributed by atoms with Crippen LogP contribution in [-0.2, 0) is 0 Å². The molecule has 2 heterocycles. The number of thiazole rings is 1. The third-order valence-corrected chi connectivity index (χ3v) is 5.94. The van der Waals surface area contributed by atoms with E-state index in [1.54, 1.807) is 12.1 Å². The number of hydrogen-bond acceptors (Lipinski definition) is 5. The van der Waals surface area contributed by atoms with Crippen LogP contribution in [0.4, 0.5) is 0 Å². The van der Waals surface area contributed by atoms with Gasteiger partial charge in [-0.15, -0.1) is 5.10 Å². The summed E-state index contributed by atoms with van der Waals surface area (Å²) in [5.41, 5.74) is 1.59. The van der Waals surface area contributed by atoms with Gasteiger partial charge in [-0.1, -0.05) is 61.3 Å². The fourth-order valence-corrected chi connectivity index (χ4v) is 4.12. The molecule has 0 radical (unpaired) electrons. The number of hydrogen-bond donors (Lipinski definition) is 0. The Morgan fingerprint density at radius 2 is 1.83 bits per heavy atom. The van der Waals surface area contributed by atoms with Crippen molar-refractivity contribution in [2.24, 2.45) is 0 Å². The topological polar surface area (TPSA) is 56.5 Å². The summed E-state index contributed by atoms with van der Waals surface area (Å²) in [6.07, 6.45) is 6.54. The highest BCUT2D eigenvalue weighted by molar-refractivity contribution is 7.15. The van der Waals surface area contributed by atoms with Gasteiger partial charge >= 0.3 is 0 Å². The van der Waals surface area contributed by atoms with Crippen molar-refractivity contribution in [3.05, 3.63) is 74.0 Å². The van der Waals surface area contributed by atoms with Crippen molar-refractivity contribution in [1.82, 2.24) is 14.6 Å². The Bertz CT molecular complexity index is 1230. The van der Waals surface area contributed by atoms with Crippen molar-refractivity contribution >= 4 is 34.0 Å². The Labute approximate surface area is 183 Å². The van der Waals surface area contributed by atoms with Crippen LogP contribution in [0.2, 0.25) is 5.02 Å². The van der Waals surface area contributed by atoms with Crippen molar-refractivity contribution in [3.8, 4) is 17.1 Å². The molecule has 0 aliphatic carbocycles. The summed E-state index contributed by atoms with van der Waals surface area (Å²) in [7, 11) is 0. The molecule has 154 valence electrons.